The quantitative estimate of drug-likeness (QED) is 0.796. The molecule has 0 radical (unpaired) electrons. The first-order valence-corrected chi connectivity index (χ1v) is 8.68. The van der Waals surface area contributed by atoms with Gasteiger partial charge in [0, 0.05) is 17.3 Å². The summed E-state index contributed by atoms with van der Waals surface area (Å²) >= 11 is 9.23. The van der Waals surface area contributed by atoms with Crippen LogP contribution in [0, 0.1) is 0 Å². The summed E-state index contributed by atoms with van der Waals surface area (Å²) in [6, 6.07) is 5.70. The van der Waals surface area contributed by atoms with Crippen LogP contribution >= 0.6 is 27.5 Å². The molecule has 0 saturated heterocycles. The summed E-state index contributed by atoms with van der Waals surface area (Å²) in [5, 5.41) is 0. The van der Waals surface area contributed by atoms with E-state index in [0.717, 1.165) is 15.5 Å². The van der Waals surface area contributed by atoms with Gasteiger partial charge in [-0.25, -0.2) is 13.4 Å². The van der Waals surface area contributed by atoms with E-state index in [1.165, 1.54) is 6.26 Å². The van der Waals surface area contributed by atoms with Gasteiger partial charge in [0.2, 0.25) is 0 Å². The average Bonchev–Trinajstić information content (AvgIpc) is 2.62. The third-order valence-electron chi connectivity index (χ3n) is 2.59. The minimum absolute atomic E-state index is 0.0818. The van der Waals surface area contributed by atoms with Gasteiger partial charge in [-0.1, -0.05) is 15.9 Å². The third-order valence-corrected chi connectivity index (χ3v) is 4.25. The highest BCUT2D eigenvalue weighted by molar-refractivity contribution is 9.10. The molecular weight excluding hydrogens is 340 g/mol. The molecule has 0 bridgehead atoms. The summed E-state index contributed by atoms with van der Waals surface area (Å²) in [6.45, 7) is 0.374. The minimum Gasteiger partial charge on any atom is -0.326 e. The van der Waals surface area contributed by atoms with Gasteiger partial charge >= 0.3 is 0 Å². The van der Waals surface area contributed by atoms with Gasteiger partial charge < -0.3 is 4.57 Å². The van der Waals surface area contributed by atoms with Crippen LogP contribution in [0.4, 0.5) is 0 Å². The van der Waals surface area contributed by atoms with Crippen LogP contribution in [0.5, 0.6) is 0 Å². The fourth-order valence-corrected chi connectivity index (χ4v) is 2.83. The monoisotopic (exact) mass is 350 g/mol. The number of imidazole rings is 1. The summed E-state index contributed by atoms with van der Waals surface area (Å²) in [6.07, 6.45) is 1.23. The Labute approximate surface area is 119 Å². The third kappa shape index (κ3) is 3.05. The molecule has 0 spiro atoms. The minimum atomic E-state index is -3.00. The lowest BCUT2D eigenvalue weighted by atomic mass is 10.3. The van der Waals surface area contributed by atoms with E-state index in [2.05, 4.69) is 20.9 Å². The maximum Gasteiger partial charge on any atom is 0.149 e. The smallest absolute Gasteiger partial charge is 0.149 e. The molecule has 98 valence electrons. The molecule has 18 heavy (non-hydrogen) atoms. The summed E-state index contributed by atoms with van der Waals surface area (Å²) in [5.74, 6) is 1.03. The maximum absolute atomic E-state index is 11.2. The standard InChI is InChI=1S/C11H12BrClN2O2S/c1-18(16,17)5-4-15-10-3-2-8(12)6-9(10)14-11(15)7-13/h2-3,6H,4-5,7H2,1H3. The molecule has 0 unspecified atom stereocenters. The predicted octanol–water partition coefficient (Wildman–Crippen LogP) is 2.58. The second kappa shape index (κ2) is 5.19. The van der Waals surface area contributed by atoms with Crippen molar-refractivity contribution in [2.75, 3.05) is 12.0 Å². The van der Waals surface area contributed by atoms with Crippen molar-refractivity contribution in [2.45, 2.75) is 12.4 Å². The van der Waals surface area contributed by atoms with Crippen molar-refractivity contribution in [3.05, 3.63) is 28.5 Å². The molecule has 0 aliphatic rings. The van der Waals surface area contributed by atoms with E-state index in [0.29, 0.717) is 12.4 Å². The van der Waals surface area contributed by atoms with Gasteiger partial charge in [0.25, 0.3) is 0 Å². The van der Waals surface area contributed by atoms with E-state index in [9.17, 15) is 8.42 Å². The summed E-state index contributed by atoms with van der Waals surface area (Å²) in [7, 11) is -3.00. The van der Waals surface area contributed by atoms with Crippen LogP contribution < -0.4 is 0 Å². The van der Waals surface area contributed by atoms with Crippen LogP contribution in [0.3, 0.4) is 0 Å². The zero-order valence-electron chi connectivity index (χ0n) is 9.73. The second-order valence-electron chi connectivity index (χ2n) is 4.08. The topological polar surface area (TPSA) is 52.0 Å². The number of rotatable bonds is 4. The second-order valence-corrected chi connectivity index (χ2v) is 7.52. The Morgan fingerprint density at radius 1 is 1.44 bits per heavy atom. The van der Waals surface area contributed by atoms with E-state index >= 15 is 0 Å². The van der Waals surface area contributed by atoms with E-state index in [4.69, 9.17) is 11.6 Å². The summed E-state index contributed by atoms with van der Waals surface area (Å²) in [5.41, 5.74) is 1.71. The number of aryl methyl sites for hydroxylation is 1. The summed E-state index contributed by atoms with van der Waals surface area (Å²) < 4.78 is 25.3. The SMILES string of the molecule is CS(=O)(=O)CCn1c(CCl)nc2cc(Br)ccc21. The Morgan fingerprint density at radius 2 is 2.17 bits per heavy atom. The van der Waals surface area contributed by atoms with Crippen molar-refractivity contribution in [1.29, 1.82) is 0 Å². The van der Waals surface area contributed by atoms with Crippen LogP contribution in [0.2, 0.25) is 0 Å². The molecule has 1 aromatic heterocycles. The van der Waals surface area contributed by atoms with Crippen LogP contribution in [0.25, 0.3) is 11.0 Å². The maximum atomic E-state index is 11.2. The molecule has 0 amide bonds. The van der Waals surface area contributed by atoms with E-state index in [-0.39, 0.29) is 11.6 Å². The first-order valence-electron chi connectivity index (χ1n) is 5.29. The van der Waals surface area contributed by atoms with Crippen molar-refractivity contribution in [3.8, 4) is 0 Å². The van der Waals surface area contributed by atoms with Gasteiger partial charge in [0.05, 0.1) is 22.7 Å². The number of benzene rings is 1. The first-order chi connectivity index (χ1) is 8.40. The average molecular weight is 352 g/mol. The Balaban J connectivity index is 2.47. The van der Waals surface area contributed by atoms with Gasteiger partial charge in [-0.3, -0.25) is 0 Å². The lowest BCUT2D eigenvalue weighted by molar-refractivity contribution is 0.594. The van der Waals surface area contributed by atoms with Crippen molar-refractivity contribution in [1.82, 2.24) is 9.55 Å². The number of nitrogens with zero attached hydrogens (tertiary/aromatic N) is 2. The van der Waals surface area contributed by atoms with Crippen molar-refractivity contribution < 1.29 is 8.42 Å². The highest BCUT2D eigenvalue weighted by Crippen LogP contribution is 2.21. The first kappa shape index (κ1) is 13.8. The van der Waals surface area contributed by atoms with Gasteiger partial charge in [-0.2, -0.15) is 0 Å². The number of hydrogen-bond acceptors (Lipinski definition) is 3. The van der Waals surface area contributed by atoms with Crippen LogP contribution in [0.1, 0.15) is 5.82 Å². The Kier molecular flexibility index (Phi) is 3.99. The molecule has 0 saturated carbocycles. The Bertz CT molecular complexity index is 682. The highest BCUT2D eigenvalue weighted by atomic mass is 79.9. The highest BCUT2D eigenvalue weighted by Gasteiger charge is 2.12. The molecular formula is C11H12BrClN2O2S. The molecule has 2 aromatic rings. The molecule has 0 atom stereocenters. The number of aromatic nitrogens is 2. The molecule has 0 fully saturated rings. The zero-order valence-corrected chi connectivity index (χ0v) is 12.9. The molecule has 1 aromatic carbocycles. The molecule has 1 heterocycles. The van der Waals surface area contributed by atoms with E-state index in [1.807, 2.05) is 22.8 Å². The summed E-state index contributed by atoms with van der Waals surface area (Å²) in [4.78, 5) is 4.40. The molecule has 0 aliphatic carbocycles. The van der Waals surface area contributed by atoms with Gasteiger partial charge in [0.15, 0.2) is 0 Å². The number of hydrogen-bond donors (Lipinski definition) is 0. The van der Waals surface area contributed by atoms with Crippen molar-refractivity contribution in [2.24, 2.45) is 0 Å². The number of halogens is 2. The normalized spacial score (nSPS) is 12.2. The number of fused-ring (bicyclic) bond motifs is 1. The van der Waals surface area contributed by atoms with Crippen LogP contribution in [-0.2, 0) is 22.3 Å². The fraction of sp³-hybridized carbons (Fsp3) is 0.364. The molecule has 7 heteroatoms. The van der Waals surface area contributed by atoms with Gasteiger partial charge in [-0.05, 0) is 18.2 Å². The number of alkyl halides is 1. The molecule has 0 aliphatic heterocycles. The molecule has 0 N–H and O–H groups in total. The lowest BCUT2D eigenvalue weighted by Crippen LogP contribution is -2.12. The molecule has 2 rings (SSSR count). The van der Waals surface area contributed by atoms with E-state index in [1.54, 1.807) is 0 Å². The predicted molar refractivity (Wildman–Crippen MR) is 76.7 cm³/mol. The largest absolute Gasteiger partial charge is 0.326 e. The fourth-order valence-electron chi connectivity index (χ4n) is 1.76. The van der Waals surface area contributed by atoms with Crippen LogP contribution in [-0.4, -0.2) is 30.0 Å². The molecule has 4 nitrogen and oxygen atoms in total. The van der Waals surface area contributed by atoms with Gasteiger partial charge in [0.1, 0.15) is 15.7 Å². The van der Waals surface area contributed by atoms with Crippen molar-refractivity contribution >= 4 is 48.4 Å². The Hall–Kier alpha value is -0.590. The van der Waals surface area contributed by atoms with E-state index < -0.39 is 9.84 Å². The lowest BCUT2D eigenvalue weighted by Gasteiger charge is -2.06. The van der Waals surface area contributed by atoms with Gasteiger partial charge in [-0.15, -0.1) is 11.6 Å². The number of sulfone groups is 1. The zero-order chi connectivity index (χ0) is 13.3. The van der Waals surface area contributed by atoms with Crippen LogP contribution in [0.15, 0.2) is 22.7 Å². The Morgan fingerprint density at radius 3 is 2.78 bits per heavy atom. The van der Waals surface area contributed by atoms with Crippen molar-refractivity contribution in [3.63, 3.8) is 0 Å².